The van der Waals surface area contributed by atoms with Crippen LogP contribution in [0.5, 0.6) is 0 Å². The Balaban J connectivity index is 1.79. The minimum Gasteiger partial charge on any atom is -0.465 e. The van der Waals surface area contributed by atoms with E-state index in [2.05, 4.69) is 9.88 Å². The van der Waals surface area contributed by atoms with E-state index in [0.717, 1.165) is 31.5 Å². The van der Waals surface area contributed by atoms with Crippen molar-refractivity contribution in [2.75, 3.05) is 10.8 Å². The highest BCUT2D eigenvalue weighted by Crippen LogP contribution is 2.41. The minimum atomic E-state index is -0.850. The number of halogens is 1. The fourth-order valence-electron chi connectivity index (χ4n) is 4.50. The number of carbonyl (C=O) groups excluding carboxylic acids is 1. The van der Waals surface area contributed by atoms with Gasteiger partial charge >= 0.3 is 6.09 Å². The predicted octanol–water partition coefficient (Wildman–Crippen LogP) is 3.78. The SMILES string of the molecule is CC(C)(C)N(C(=O)O)[C@H]1C[C@H]2CC[C@@H](C1)N2c1ccc(C(=O)CCl)cn1. The van der Waals surface area contributed by atoms with Crippen molar-refractivity contribution in [3.63, 3.8) is 0 Å². The first kappa shape index (κ1) is 19.0. The van der Waals surface area contributed by atoms with Crippen molar-refractivity contribution >= 4 is 29.3 Å². The number of carboxylic acid groups (broad SMARTS) is 1. The van der Waals surface area contributed by atoms with E-state index in [0.29, 0.717) is 5.56 Å². The number of carbonyl (C=O) groups is 2. The molecule has 1 N–H and O–H groups in total. The summed E-state index contributed by atoms with van der Waals surface area (Å²) in [6, 6.07) is 4.25. The topological polar surface area (TPSA) is 73.7 Å². The zero-order valence-electron chi connectivity index (χ0n) is 15.5. The van der Waals surface area contributed by atoms with E-state index < -0.39 is 11.6 Å². The van der Waals surface area contributed by atoms with Gasteiger partial charge in [0, 0.05) is 35.4 Å². The van der Waals surface area contributed by atoms with Crippen LogP contribution in [0, 0.1) is 0 Å². The Hall–Kier alpha value is -1.82. The Morgan fingerprint density at radius 2 is 1.88 bits per heavy atom. The molecule has 2 bridgehead atoms. The molecule has 3 rings (SSSR count). The summed E-state index contributed by atoms with van der Waals surface area (Å²) in [6.45, 7) is 5.84. The van der Waals surface area contributed by atoms with Crippen molar-refractivity contribution in [1.29, 1.82) is 0 Å². The van der Waals surface area contributed by atoms with Crippen LogP contribution in [0.4, 0.5) is 10.6 Å². The molecule has 1 aromatic heterocycles. The Kier molecular flexibility index (Phi) is 5.15. The molecule has 0 saturated carbocycles. The molecule has 0 aromatic carbocycles. The van der Waals surface area contributed by atoms with Crippen LogP contribution in [0.1, 0.15) is 56.8 Å². The second-order valence-corrected chi connectivity index (χ2v) is 8.47. The number of nitrogens with zero attached hydrogens (tertiary/aromatic N) is 3. The number of fused-ring (bicyclic) bond motifs is 2. The number of alkyl halides is 1. The highest BCUT2D eigenvalue weighted by atomic mass is 35.5. The Morgan fingerprint density at radius 3 is 2.31 bits per heavy atom. The van der Waals surface area contributed by atoms with Crippen LogP contribution in [-0.4, -0.2) is 56.4 Å². The van der Waals surface area contributed by atoms with Gasteiger partial charge in [-0.1, -0.05) is 0 Å². The number of anilines is 1. The fraction of sp³-hybridized carbons (Fsp3) is 0.632. The summed E-state index contributed by atoms with van der Waals surface area (Å²) in [7, 11) is 0. The minimum absolute atomic E-state index is 0.0262. The van der Waals surface area contributed by atoms with Gasteiger partial charge in [0.2, 0.25) is 0 Å². The van der Waals surface area contributed by atoms with Crippen LogP contribution in [0.15, 0.2) is 18.3 Å². The van der Waals surface area contributed by atoms with Crippen LogP contribution in [0.3, 0.4) is 0 Å². The number of ketones is 1. The molecule has 0 spiro atoms. The van der Waals surface area contributed by atoms with Gasteiger partial charge in [-0.3, -0.25) is 4.79 Å². The van der Waals surface area contributed by atoms with Gasteiger partial charge in [0.05, 0.1) is 5.88 Å². The van der Waals surface area contributed by atoms with E-state index in [1.165, 1.54) is 0 Å². The van der Waals surface area contributed by atoms with Crippen molar-refractivity contribution in [3.05, 3.63) is 23.9 Å². The maximum absolute atomic E-state index is 11.8. The first-order chi connectivity index (χ1) is 12.2. The van der Waals surface area contributed by atoms with Crippen LogP contribution in [-0.2, 0) is 0 Å². The third kappa shape index (κ3) is 3.52. The molecule has 1 aromatic rings. The van der Waals surface area contributed by atoms with E-state index in [1.54, 1.807) is 17.2 Å². The quantitative estimate of drug-likeness (QED) is 0.636. The third-order valence-corrected chi connectivity index (χ3v) is 5.70. The molecule has 3 heterocycles. The molecule has 1 amide bonds. The van der Waals surface area contributed by atoms with Crippen molar-refractivity contribution in [1.82, 2.24) is 9.88 Å². The highest BCUT2D eigenvalue weighted by molar-refractivity contribution is 6.30. The smallest absolute Gasteiger partial charge is 0.407 e. The number of Topliss-reactive ketones (excluding diaryl/α,β-unsaturated/α-hetero) is 1. The van der Waals surface area contributed by atoms with Gasteiger partial charge in [-0.15, -0.1) is 11.6 Å². The summed E-state index contributed by atoms with van der Waals surface area (Å²) < 4.78 is 0. The molecule has 26 heavy (non-hydrogen) atoms. The standard InChI is InChI=1S/C19H26ClN3O3/c1-19(2,3)23(18(25)26)15-8-13-5-6-14(9-15)22(13)17-7-4-12(11-21-17)16(24)10-20/h4,7,11,13-15H,5-6,8-10H2,1-3H3,(H,25,26)/t13-,14+,15+. The van der Waals surface area contributed by atoms with E-state index in [4.69, 9.17) is 11.6 Å². The van der Waals surface area contributed by atoms with Crippen molar-refractivity contribution in [2.24, 2.45) is 0 Å². The van der Waals surface area contributed by atoms with E-state index in [9.17, 15) is 14.7 Å². The normalized spacial score (nSPS) is 25.2. The number of hydrogen-bond donors (Lipinski definition) is 1. The zero-order chi connectivity index (χ0) is 19.1. The molecular weight excluding hydrogens is 354 g/mol. The van der Waals surface area contributed by atoms with E-state index in [-0.39, 0.29) is 29.8 Å². The van der Waals surface area contributed by atoms with Crippen molar-refractivity contribution < 1.29 is 14.7 Å². The molecule has 0 unspecified atom stereocenters. The molecule has 2 aliphatic rings. The van der Waals surface area contributed by atoms with Gasteiger partial charge in [0.15, 0.2) is 5.78 Å². The molecule has 142 valence electrons. The number of hydrogen-bond acceptors (Lipinski definition) is 4. The number of pyridine rings is 1. The molecule has 6 nitrogen and oxygen atoms in total. The molecule has 0 radical (unpaired) electrons. The van der Waals surface area contributed by atoms with Crippen molar-refractivity contribution in [3.8, 4) is 0 Å². The van der Waals surface area contributed by atoms with Crippen LogP contribution in [0.25, 0.3) is 0 Å². The Bertz CT molecular complexity index is 672. The second-order valence-electron chi connectivity index (χ2n) is 8.20. The first-order valence-corrected chi connectivity index (χ1v) is 9.61. The molecular formula is C19H26ClN3O3. The van der Waals surface area contributed by atoms with Gasteiger partial charge in [-0.25, -0.2) is 9.78 Å². The van der Waals surface area contributed by atoms with Gasteiger partial charge in [-0.2, -0.15) is 0 Å². The lowest BCUT2D eigenvalue weighted by Crippen LogP contribution is -2.57. The zero-order valence-corrected chi connectivity index (χ0v) is 16.2. The summed E-state index contributed by atoms with van der Waals surface area (Å²) >= 11 is 5.60. The molecule has 2 aliphatic heterocycles. The van der Waals surface area contributed by atoms with Crippen LogP contribution >= 0.6 is 11.6 Å². The molecule has 2 saturated heterocycles. The summed E-state index contributed by atoms with van der Waals surface area (Å²) in [5, 5.41) is 9.70. The van der Waals surface area contributed by atoms with Gasteiger partial charge in [0.25, 0.3) is 0 Å². The summed E-state index contributed by atoms with van der Waals surface area (Å²) in [5.41, 5.74) is 0.107. The Labute approximate surface area is 159 Å². The first-order valence-electron chi connectivity index (χ1n) is 9.08. The molecule has 0 aliphatic carbocycles. The second kappa shape index (κ2) is 7.06. The van der Waals surface area contributed by atoms with Gasteiger partial charge in [-0.05, 0) is 58.6 Å². The van der Waals surface area contributed by atoms with Gasteiger partial charge in [0.1, 0.15) is 5.82 Å². The van der Waals surface area contributed by atoms with E-state index in [1.807, 2.05) is 26.8 Å². The molecule has 2 fully saturated rings. The third-order valence-electron chi connectivity index (χ3n) is 5.46. The number of piperidine rings is 1. The lowest BCUT2D eigenvalue weighted by molar-refractivity contribution is 0.0558. The predicted molar refractivity (Wildman–Crippen MR) is 101 cm³/mol. The Morgan fingerprint density at radius 1 is 1.27 bits per heavy atom. The average molecular weight is 380 g/mol. The van der Waals surface area contributed by atoms with E-state index >= 15 is 0 Å². The lowest BCUT2D eigenvalue weighted by atomic mass is 9.92. The maximum atomic E-state index is 11.8. The monoisotopic (exact) mass is 379 g/mol. The number of amides is 1. The number of aromatic nitrogens is 1. The molecule has 7 heteroatoms. The highest BCUT2D eigenvalue weighted by Gasteiger charge is 2.46. The number of rotatable bonds is 4. The summed E-state index contributed by atoms with van der Waals surface area (Å²) in [5.74, 6) is 0.685. The lowest BCUT2D eigenvalue weighted by Gasteiger charge is -2.47. The van der Waals surface area contributed by atoms with Gasteiger partial charge < -0.3 is 14.9 Å². The average Bonchev–Trinajstić information content (AvgIpc) is 2.83. The van der Waals surface area contributed by atoms with Crippen LogP contribution < -0.4 is 4.90 Å². The maximum Gasteiger partial charge on any atom is 0.407 e. The summed E-state index contributed by atoms with van der Waals surface area (Å²) in [4.78, 5) is 31.9. The fourth-order valence-corrected chi connectivity index (χ4v) is 4.66. The summed E-state index contributed by atoms with van der Waals surface area (Å²) in [6.07, 6.45) is 4.45. The largest absolute Gasteiger partial charge is 0.465 e. The molecule has 3 atom stereocenters. The van der Waals surface area contributed by atoms with Crippen molar-refractivity contribution in [2.45, 2.75) is 70.1 Å². The van der Waals surface area contributed by atoms with Crippen LogP contribution in [0.2, 0.25) is 0 Å².